The van der Waals surface area contributed by atoms with Crippen LogP contribution < -0.4 is 10.5 Å². The zero-order valence-corrected chi connectivity index (χ0v) is 12.0. The van der Waals surface area contributed by atoms with Crippen LogP contribution in [0.25, 0.3) is 0 Å². The molecular weight excluding hydrogens is 262 g/mol. The molecule has 4 nitrogen and oxygen atoms in total. The van der Waals surface area contributed by atoms with Gasteiger partial charge < -0.3 is 10.5 Å². The fraction of sp³-hybridized carbons (Fsp3) is 0.571. The van der Waals surface area contributed by atoms with Crippen LogP contribution in [0.2, 0.25) is 0 Å². The maximum atomic E-state index is 12.0. The minimum absolute atomic E-state index is 0.0400. The molecule has 2 unspecified atom stereocenters. The molecular formula is C14H21NO3S. The van der Waals surface area contributed by atoms with Crippen LogP contribution in [0.4, 0.5) is 0 Å². The summed E-state index contributed by atoms with van der Waals surface area (Å²) in [4.78, 5) is 0.292. The van der Waals surface area contributed by atoms with E-state index in [1.54, 1.807) is 31.2 Å². The van der Waals surface area contributed by atoms with Crippen LogP contribution in [-0.4, -0.2) is 26.8 Å². The predicted molar refractivity (Wildman–Crippen MR) is 75.0 cm³/mol. The molecule has 1 aliphatic rings. The highest BCUT2D eigenvalue weighted by Gasteiger charge is 2.29. The van der Waals surface area contributed by atoms with Gasteiger partial charge in [-0.15, -0.1) is 0 Å². The molecule has 2 rings (SSSR count). The van der Waals surface area contributed by atoms with Crippen LogP contribution in [0.5, 0.6) is 5.75 Å². The molecule has 0 aromatic heterocycles. The molecule has 1 fully saturated rings. The summed E-state index contributed by atoms with van der Waals surface area (Å²) < 4.78 is 30.0. The Hall–Kier alpha value is -1.07. The van der Waals surface area contributed by atoms with Crippen LogP contribution in [0, 0.1) is 5.92 Å². The molecule has 1 aromatic rings. The lowest BCUT2D eigenvalue weighted by Crippen LogP contribution is -2.28. The molecule has 19 heavy (non-hydrogen) atoms. The molecule has 5 heteroatoms. The lowest BCUT2D eigenvalue weighted by molar-refractivity contribution is 0.158. The van der Waals surface area contributed by atoms with Crippen molar-refractivity contribution >= 4 is 9.84 Å². The van der Waals surface area contributed by atoms with Crippen molar-refractivity contribution in [3.8, 4) is 5.75 Å². The van der Waals surface area contributed by atoms with Gasteiger partial charge in [0.25, 0.3) is 0 Å². The van der Waals surface area contributed by atoms with E-state index in [2.05, 4.69) is 0 Å². The predicted octanol–water partition coefficient (Wildman–Crippen LogP) is 1.99. The molecule has 0 saturated heterocycles. The van der Waals surface area contributed by atoms with E-state index in [9.17, 15) is 8.42 Å². The van der Waals surface area contributed by atoms with Crippen LogP contribution in [0.1, 0.15) is 26.2 Å². The molecule has 1 aliphatic carbocycles. The molecule has 1 aromatic carbocycles. The molecule has 1 saturated carbocycles. The third-order valence-electron chi connectivity index (χ3n) is 3.73. The summed E-state index contributed by atoms with van der Waals surface area (Å²) >= 11 is 0. The molecule has 0 heterocycles. The average Bonchev–Trinajstić information content (AvgIpc) is 2.86. The smallest absolute Gasteiger partial charge is 0.181 e. The van der Waals surface area contributed by atoms with E-state index in [1.807, 2.05) is 0 Å². The van der Waals surface area contributed by atoms with E-state index in [0.717, 1.165) is 19.3 Å². The van der Waals surface area contributed by atoms with Crippen molar-refractivity contribution in [3.63, 3.8) is 0 Å². The summed E-state index contributed by atoms with van der Waals surface area (Å²) in [5.41, 5.74) is 5.73. The van der Waals surface area contributed by atoms with Gasteiger partial charge in [0.15, 0.2) is 9.84 Å². The second-order valence-corrected chi connectivity index (χ2v) is 7.18. The van der Waals surface area contributed by atoms with Crippen LogP contribution in [0.3, 0.4) is 0 Å². The Balaban J connectivity index is 2.26. The van der Waals surface area contributed by atoms with E-state index in [4.69, 9.17) is 10.5 Å². The van der Waals surface area contributed by atoms with E-state index in [1.165, 1.54) is 0 Å². The normalized spacial score (nSPS) is 23.5. The standard InChI is InChI=1S/C14H21NO3S/c1-2-19(16,17)14-9-4-3-7-13(14)18-12-8-5-6-11(12)10-15/h3-4,7,9,11-12H,2,5-6,8,10,15H2,1H3. The summed E-state index contributed by atoms with van der Waals surface area (Å²) in [5.74, 6) is 0.880. The van der Waals surface area contributed by atoms with Crippen molar-refractivity contribution in [2.45, 2.75) is 37.2 Å². The number of para-hydroxylation sites is 1. The van der Waals surface area contributed by atoms with Gasteiger partial charge in [0.2, 0.25) is 0 Å². The Morgan fingerprint density at radius 1 is 1.32 bits per heavy atom. The first-order chi connectivity index (χ1) is 9.08. The lowest BCUT2D eigenvalue weighted by Gasteiger charge is -2.21. The van der Waals surface area contributed by atoms with Gasteiger partial charge >= 0.3 is 0 Å². The number of hydrogen-bond donors (Lipinski definition) is 1. The fourth-order valence-electron chi connectivity index (χ4n) is 2.55. The molecule has 106 valence electrons. The van der Waals surface area contributed by atoms with Crippen LogP contribution in [0.15, 0.2) is 29.2 Å². The number of benzene rings is 1. The molecule has 0 bridgehead atoms. The lowest BCUT2D eigenvalue weighted by atomic mass is 10.1. The summed E-state index contributed by atoms with van der Waals surface area (Å²) in [6.45, 7) is 2.23. The van der Waals surface area contributed by atoms with Gasteiger partial charge in [-0.3, -0.25) is 0 Å². The average molecular weight is 283 g/mol. The SMILES string of the molecule is CCS(=O)(=O)c1ccccc1OC1CCCC1CN. The van der Waals surface area contributed by atoms with Gasteiger partial charge in [-0.25, -0.2) is 8.42 Å². The Morgan fingerprint density at radius 3 is 2.74 bits per heavy atom. The van der Waals surface area contributed by atoms with E-state index < -0.39 is 9.84 Å². The van der Waals surface area contributed by atoms with Crippen molar-refractivity contribution in [2.24, 2.45) is 11.7 Å². The Morgan fingerprint density at radius 2 is 2.05 bits per heavy atom. The van der Waals surface area contributed by atoms with Gasteiger partial charge in [0, 0.05) is 5.92 Å². The summed E-state index contributed by atoms with van der Waals surface area (Å²) in [6, 6.07) is 6.87. The first-order valence-electron chi connectivity index (χ1n) is 6.77. The third kappa shape index (κ3) is 3.09. The highest BCUT2D eigenvalue weighted by Crippen LogP contribution is 2.32. The Labute approximate surface area is 114 Å². The summed E-state index contributed by atoms with van der Waals surface area (Å²) in [5, 5.41) is 0. The van der Waals surface area contributed by atoms with Crippen molar-refractivity contribution in [1.82, 2.24) is 0 Å². The molecule has 0 aliphatic heterocycles. The van der Waals surface area contributed by atoms with Gasteiger partial charge in [-0.1, -0.05) is 19.1 Å². The fourth-order valence-corrected chi connectivity index (χ4v) is 3.57. The van der Waals surface area contributed by atoms with Gasteiger partial charge in [0.05, 0.1) is 5.75 Å². The number of sulfone groups is 1. The van der Waals surface area contributed by atoms with E-state index in [-0.39, 0.29) is 11.9 Å². The van der Waals surface area contributed by atoms with Crippen molar-refractivity contribution in [2.75, 3.05) is 12.3 Å². The second-order valence-electron chi connectivity index (χ2n) is 4.93. The van der Waals surface area contributed by atoms with Crippen molar-refractivity contribution in [3.05, 3.63) is 24.3 Å². The van der Waals surface area contributed by atoms with Crippen LogP contribution >= 0.6 is 0 Å². The first kappa shape index (κ1) is 14.3. The molecule has 2 atom stereocenters. The number of nitrogens with two attached hydrogens (primary N) is 1. The largest absolute Gasteiger partial charge is 0.489 e. The van der Waals surface area contributed by atoms with Crippen molar-refractivity contribution in [1.29, 1.82) is 0 Å². The van der Waals surface area contributed by atoms with Crippen LogP contribution in [-0.2, 0) is 9.84 Å². The summed E-state index contributed by atoms with van der Waals surface area (Å²) in [6.07, 6.45) is 3.14. The zero-order chi connectivity index (χ0) is 13.9. The zero-order valence-electron chi connectivity index (χ0n) is 11.2. The minimum Gasteiger partial charge on any atom is -0.489 e. The molecule has 0 spiro atoms. The maximum absolute atomic E-state index is 12.0. The topological polar surface area (TPSA) is 69.4 Å². The highest BCUT2D eigenvalue weighted by atomic mass is 32.2. The Bertz CT molecular complexity index is 527. The van der Waals surface area contributed by atoms with Crippen molar-refractivity contribution < 1.29 is 13.2 Å². The second kappa shape index (κ2) is 5.92. The third-order valence-corrected chi connectivity index (χ3v) is 5.50. The number of hydrogen-bond acceptors (Lipinski definition) is 4. The van der Waals surface area contributed by atoms with E-state index >= 15 is 0 Å². The van der Waals surface area contributed by atoms with E-state index in [0.29, 0.717) is 23.1 Å². The molecule has 0 radical (unpaired) electrons. The van der Waals surface area contributed by atoms with Gasteiger partial charge in [-0.2, -0.15) is 0 Å². The number of ether oxygens (including phenoxy) is 1. The van der Waals surface area contributed by atoms with Gasteiger partial charge in [0.1, 0.15) is 16.7 Å². The van der Waals surface area contributed by atoms with Gasteiger partial charge in [-0.05, 0) is 37.9 Å². The quantitative estimate of drug-likeness (QED) is 0.897. The maximum Gasteiger partial charge on any atom is 0.181 e. The molecule has 0 amide bonds. The molecule has 2 N–H and O–H groups in total. The summed E-state index contributed by atoms with van der Waals surface area (Å²) in [7, 11) is -3.25. The first-order valence-corrected chi connectivity index (χ1v) is 8.42. The Kier molecular flexibility index (Phi) is 4.47. The monoisotopic (exact) mass is 283 g/mol. The minimum atomic E-state index is -3.25. The number of rotatable bonds is 5. The highest BCUT2D eigenvalue weighted by molar-refractivity contribution is 7.91.